The third-order valence-corrected chi connectivity index (χ3v) is 6.96. The van der Waals surface area contributed by atoms with Crippen LogP contribution >= 0.6 is 6.49 Å². The van der Waals surface area contributed by atoms with Gasteiger partial charge in [0.15, 0.2) is 6.49 Å². The van der Waals surface area contributed by atoms with Gasteiger partial charge in [0.05, 0.1) is 23.0 Å². The number of benzene rings is 2. The number of non-ortho nitro benzene ring substituents is 1. The van der Waals surface area contributed by atoms with E-state index in [-0.39, 0.29) is 23.7 Å². The molecule has 0 aromatic heterocycles. The van der Waals surface area contributed by atoms with Crippen molar-refractivity contribution < 1.29 is 22.4 Å². The molecule has 0 heterocycles. The summed E-state index contributed by atoms with van der Waals surface area (Å²) < 4.78 is 38.1. The van der Waals surface area contributed by atoms with Crippen LogP contribution in [0.5, 0.6) is 0 Å². The first-order chi connectivity index (χ1) is 13.2. The van der Waals surface area contributed by atoms with Gasteiger partial charge in [-0.3, -0.25) is 10.1 Å². The smallest absolute Gasteiger partial charge is 0.269 e. The van der Waals surface area contributed by atoms with Crippen LogP contribution in [-0.4, -0.2) is 33.2 Å². The van der Waals surface area contributed by atoms with Gasteiger partial charge in [0.1, 0.15) is 0 Å². The van der Waals surface area contributed by atoms with E-state index in [1.54, 1.807) is 6.66 Å². The second-order valence-electron chi connectivity index (χ2n) is 5.87. The molecular weight excluding hydrogens is 423 g/mol. The first kappa shape index (κ1) is 22.6. The van der Waals surface area contributed by atoms with Crippen LogP contribution in [0.25, 0.3) is 0 Å². The van der Waals surface area contributed by atoms with E-state index in [4.69, 9.17) is 20.9 Å². The fraction of sp³-hybridized carbons (Fsp3) is 0.294. The summed E-state index contributed by atoms with van der Waals surface area (Å²) in [5, 5.41) is 10.6. The fourth-order valence-corrected chi connectivity index (χ4v) is 4.52. The van der Waals surface area contributed by atoms with Crippen LogP contribution in [0.15, 0.2) is 59.5 Å². The van der Waals surface area contributed by atoms with Crippen LogP contribution in [0.1, 0.15) is 12.0 Å². The van der Waals surface area contributed by atoms with E-state index in [9.17, 15) is 18.5 Å². The van der Waals surface area contributed by atoms with Crippen LogP contribution in [0, 0.1) is 10.1 Å². The molecule has 2 aromatic carbocycles. The molecule has 0 radical (unpaired) electrons. The Morgan fingerprint density at radius 2 is 1.75 bits per heavy atom. The Kier molecular flexibility index (Phi) is 8.23. The standard InChI is InChI=1S/C17H21N2O6PS2/c1-26(27,25-14-15-6-3-2-4-7-15)24-13-5-12-18-28(22,23)17-10-8-16(9-11-17)19(20)21/h2-4,6-11,18H,5,12-14H2,1H3. The van der Waals surface area contributed by atoms with Gasteiger partial charge in [0.2, 0.25) is 10.0 Å². The molecule has 0 aliphatic carbocycles. The monoisotopic (exact) mass is 444 g/mol. The van der Waals surface area contributed by atoms with Crippen molar-refractivity contribution in [1.82, 2.24) is 4.72 Å². The summed E-state index contributed by atoms with van der Waals surface area (Å²) in [7, 11) is -3.74. The molecule has 0 fully saturated rings. The van der Waals surface area contributed by atoms with Crippen LogP contribution in [-0.2, 0) is 37.5 Å². The van der Waals surface area contributed by atoms with E-state index < -0.39 is 21.4 Å². The average Bonchev–Trinajstić information content (AvgIpc) is 2.67. The first-order valence-electron chi connectivity index (χ1n) is 8.34. The van der Waals surface area contributed by atoms with Crippen molar-refractivity contribution in [3.05, 3.63) is 70.3 Å². The molecule has 11 heteroatoms. The van der Waals surface area contributed by atoms with Gasteiger partial charge in [-0.2, -0.15) is 0 Å². The molecular formula is C17H21N2O6PS2. The maximum Gasteiger partial charge on any atom is 0.269 e. The van der Waals surface area contributed by atoms with E-state index in [0.29, 0.717) is 13.0 Å². The van der Waals surface area contributed by atoms with Crippen LogP contribution in [0.2, 0.25) is 0 Å². The van der Waals surface area contributed by atoms with Gasteiger partial charge in [-0.15, -0.1) is 0 Å². The lowest BCUT2D eigenvalue weighted by molar-refractivity contribution is -0.384. The van der Waals surface area contributed by atoms with Crippen molar-refractivity contribution in [2.75, 3.05) is 19.8 Å². The van der Waals surface area contributed by atoms with E-state index in [1.165, 1.54) is 12.1 Å². The molecule has 0 saturated carbocycles. The lowest BCUT2D eigenvalue weighted by Gasteiger charge is -2.18. The molecule has 0 aliphatic rings. The SMILES string of the molecule is CP(=S)(OCCCNS(=O)(=O)c1ccc([N+](=O)[O-])cc1)OCc1ccccc1. The topological polar surface area (TPSA) is 108 Å². The summed E-state index contributed by atoms with van der Waals surface area (Å²) in [6, 6.07) is 14.3. The van der Waals surface area contributed by atoms with Gasteiger partial charge in [-0.05, 0) is 35.9 Å². The molecule has 0 amide bonds. The average molecular weight is 444 g/mol. The number of nitrogens with one attached hydrogen (secondary N) is 1. The largest absolute Gasteiger partial charge is 0.329 e. The zero-order valence-corrected chi connectivity index (χ0v) is 17.7. The van der Waals surface area contributed by atoms with Crippen LogP contribution in [0.4, 0.5) is 5.69 Å². The second kappa shape index (κ2) is 10.2. The van der Waals surface area contributed by atoms with Gasteiger partial charge in [-0.1, -0.05) is 30.3 Å². The molecule has 0 saturated heterocycles. The van der Waals surface area contributed by atoms with E-state index >= 15 is 0 Å². The third kappa shape index (κ3) is 7.38. The van der Waals surface area contributed by atoms with Crippen LogP contribution < -0.4 is 4.72 Å². The lowest BCUT2D eigenvalue weighted by atomic mass is 10.2. The fourth-order valence-electron chi connectivity index (χ4n) is 2.14. The molecule has 0 spiro atoms. The number of nitro benzene ring substituents is 1. The van der Waals surface area contributed by atoms with E-state index in [2.05, 4.69) is 4.72 Å². The minimum atomic E-state index is -3.74. The maximum absolute atomic E-state index is 12.2. The predicted molar refractivity (Wildman–Crippen MR) is 110 cm³/mol. The van der Waals surface area contributed by atoms with Crippen molar-refractivity contribution >= 4 is 34.0 Å². The summed E-state index contributed by atoms with van der Waals surface area (Å²) in [4.78, 5) is 10.0. The maximum atomic E-state index is 12.2. The zero-order valence-electron chi connectivity index (χ0n) is 15.2. The Bertz CT molecular complexity index is 936. The number of sulfonamides is 1. The first-order valence-corrected chi connectivity index (χ1v) is 12.9. The summed E-state index contributed by atoms with van der Waals surface area (Å²) in [5.74, 6) is 0. The molecule has 1 N–H and O–H groups in total. The number of nitro groups is 1. The summed E-state index contributed by atoms with van der Waals surface area (Å²) in [6.07, 6.45) is 0.410. The predicted octanol–water partition coefficient (Wildman–Crippen LogP) is 3.44. The highest BCUT2D eigenvalue weighted by molar-refractivity contribution is 8.09. The van der Waals surface area contributed by atoms with Crippen molar-refractivity contribution in [2.45, 2.75) is 17.9 Å². The minimum absolute atomic E-state index is 0.0363. The summed E-state index contributed by atoms with van der Waals surface area (Å²) in [6.45, 7) is 0.0728. The number of hydrogen-bond donors (Lipinski definition) is 1. The molecule has 0 aliphatic heterocycles. The van der Waals surface area contributed by atoms with Crippen molar-refractivity contribution in [1.29, 1.82) is 0 Å². The number of nitrogens with zero attached hydrogens (tertiary/aromatic N) is 1. The van der Waals surface area contributed by atoms with Gasteiger partial charge < -0.3 is 9.05 Å². The molecule has 8 nitrogen and oxygen atoms in total. The Hall–Kier alpha value is -1.68. The van der Waals surface area contributed by atoms with Crippen LogP contribution in [0.3, 0.4) is 0 Å². The zero-order chi connectivity index (χ0) is 20.6. The Morgan fingerprint density at radius 3 is 2.36 bits per heavy atom. The second-order valence-corrected chi connectivity index (χ2v) is 11.7. The van der Waals surface area contributed by atoms with Crippen molar-refractivity contribution in [3.63, 3.8) is 0 Å². The quantitative estimate of drug-likeness (QED) is 0.245. The highest BCUT2D eigenvalue weighted by Crippen LogP contribution is 2.45. The Balaban J connectivity index is 1.73. The summed E-state index contributed by atoms with van der Waals surface area (Å²) in [5.41, 5.74) is 0.828. The number of rotatable bonds is 11. The van der Waals surface area contributed by atoms with Gasteiger partial charge in [-0.25, -0.2) is 13.1 Å². The summed E-state index contributed by atoms with van der Waals surface area (Å²) >= 11 is 5.35. The van der Waals surface area contributed by atoms with Gasteiger partial charge in [0, 0.05) is 25.3 Å². The highest BCUT2D eigenvalue weighted by Gasteiger charge is 2.16. The lowest BCUT2D eigenvalue weighted by Crippen LogP contribution is -2.25. The van der Waals surface area contributed by atoms with Crippen molar-refractivity contribution in [2.24, 2.45) is 0 Å². The molecule has 2 aromatic rings. The van der Waals surface area contributed by atoms with E-state index in [0.717, 1.165) is 17.7 Å². The molecule has 28 heavy (non-hydrogen) atoms. The third-order valence-electron chi connectivity index (χ3n) is 3.61. The highest BCUT2D eigenvalue weighted by atomic mass is 32.5. The molecule has 2 rings (SSSR count). The molecule has 1 atom stereocenters. The molecule has 1 unspecified atom stereocenters. The number of hydrogen-bond acceptors (Lipinski definition) is 7. The Labute approximate surface area is 169 Å². The van der Waals surface area contributed by atoms with Gasteiger partial charge in [0.25, 0.3) is 5.69 Å². The normalized spacial score (nSPS) is 13.8. The molecule has 0 bridgehead atoms. The van der Waals surface area contributed by atoms with Crippen molar-refractivity contribution in [3.8, 4) is 0 Å². The minimum Gasteiger partial charge on any atom is -0.329 e. The van der Waals surface area contributed by atoms with Gasteiger partial charge >= 0.3 is 0 Å². The van der Waals surface area contributed by atoms with E-state index in [1.807, 2.05) is 30.3 Å². The Morgan fingerprint density at radius 1 is 1.11 bits per heavy atom. The molecule has 152 valence electrons.